The number of aryl methyl sites for hydroxylation is 1. The summed E-state index contributed by atoms with van der Waals surface area (Å²) in [5, 5.41) is 4.44. The molecule has 1 aromatic heterocycles. The third-order valence-electron chi connectivity index (χ3n) is 3.28. The Hall–Kier alpha value is -1.61. The Bertz CT molecular complexity index is 567. The summed E-state index contributed by atoms with van der Waals surface area (Å²) in [6.07, 6.45) is 2.98. The van der Waals surface area contributed by atoms with Gasteiger partial charge in [0.25, 0.3) is 0 Å². The molecule has 3 nitrogen and oxygen atoms in total. The van der Waals surface area contributed by atoms with Gasteiger partial charge in [0.15, 0.2) is 0 Å². The molecule has 1 aliphatic carbocycles. The first kappa shape index (κ1) is 10.5. The van der Waals surface area contributed by atoms with E-state index in [4.69, 9.17) is 5.73 Å². The summed E-state index contributed by atoms with van der Waals surface area (Å²) in [6.45, 7) is 4.92. The van der Waals surface area contributed by atoms with Gasteiger partial charge in [-0.25, -0.2) is 0 Å². The number of nitrogens with zero attached hydrogens (tertiary/aromatic N) is 2. The van der Waals surface area contributed by atoms with Crippen LogP contribution in [0.2, 0.25) is 0 Å². The lowest BCUT2D eigenvalue weighted by Gasteiger charge is -2.10. The summed E-state index contributed by atoms with van der Waals surface area (Å²) in [7, 11) is 0. The van der Waals surface area contributed by atoms with Crippen LogP contribution in [0, 0.1) is 6.92 Å². The van der Waals surface area contributed by atoms with E-state index < -0.39 is 0 Å². The zero-order valence-electron chi connectivity index (χ0n) is 10.3. The lowest BCUT2D eigenvalue weighted by Crippen LogP contribution is -2.23. The summed E-state index contributed by atoms with van der Waals surface area (Å²) in [4.78, 5) is 0. The van der Waals surface area contributed by atoms with Crippen molar-refractivity contribution in [3.8, 4) is 11.3 Å². The third kappa shape index (κ3) is 1.67. The molecular formula is C14H17N3. The molecule has 2 N–H and O–H groups in total. The second-order valence-electron chi connectivity index (χ2n) is 5.02. The average molecular weight is 227 g/mol. The fraction of sp³-hybridized carbons (Fsp3) is 0.357. The number of fused-ring (bicyclic) bond motifs is 3. The first-order valence-corrected chi connectivity index (χ1v) is 6.05. The first-order valence-electron chi connectivity index (χ1n) is 6.05. The van der Waals surface area contributed by atoms with E-state index in [1.807, 2.05) is 17.8 Å². The number of benzene rings is 1. The van der Waals surface area contributed by atoms with E-state index in [1.165, 1.54) is 27.9 Å². The van der Waals surface area contributed by atoms with Crippen molar-refractivity contribution in [2.75, 3.05) is 0 Å². The quantitative estimate of drug-likeness (QED) is 0.728. The van der Waals surface area contributed by atoms with Gasteiger partial charge in [-0.15, -0.1) is 0 Å². The van der Waals surface area contributed by atoms with Gasteiger partial charge in [-0.05, 0) is 25.5 Å². The Balaban J connectivity index is 2.12. The van der Waals surface area contributed by atoms with Crippen molar-refractivity contribution in [3.05, 3.63) is 41.1 Å². The van der Waals surface area contributed by atoms with Gasteiger partial charge in [-0.3, -0.25) is 4.68 Å². The van der Waals surface area contributed by atoms with Gasteiger partial charge in [0, 0.05) is 23.6 Å². The second kappa shape index (κ2) is 3.70. The molecule has 1 aromatic carbocycles. The van der Waals surface area contributed by atoms with E-state index in [2.05, 4.69) is 30.2 Å². The van der Waals surface area contributed by atoms with Crippen LogP contribution in [0.25, 0.3) is 11.3 Å². The topological polar surface area (TPSA) is 43.8 Å². The maximum atomic E-state index is 5.87. The summed E-state index contributed by atoms with van der Waals surface area (Å²) >= 11 is 0. The molecular weight excluding hydrogens is 210 g/mol. The summed E-state index contributed by atoms with van der Waals surface area (Å²) in [6, 6.07) is 6.78. The van der Waals surface area contributed by atoms with E-state index in [1.54, 1.807) is 0 Å². The number of hydrogen-bond donors (Lipinski definition) is 1. The van der Waals surface area contributed by atoms with Gasteiger partial charge in [-0.2, -0.15) is 5.10 Å². The van der Waals surface area contributed by atoms with Crippen LogP contribution in [0.5, 0.6) is 0 Å². The maximum Gasteiger partial charge on any atom is 0.0721 e. The molecule has 88 valence electrons. The monoisotopic (exact) mass is 227 g/mol. The highest BCUT2D eigenvalue weighted by atomic mass is 15.3. The fourth-order valence-corrected chi connectivity index (χ4v) is 2.55. The molecule has 17 heavy (non-hydrogen) atoms. The van der Waals surface area contributed by atoms with Crippen molar-refractivity contribution in [1.82, 2.24) is 9.78 Å². The maximum absolute atomic E-state index is 5.87. The Labute approximate surface area is 101 Å². The molecule has 0 fully saturated rings. The van der Waals surface area contributed by atoms with Crippen LogP contribution in [0.15, 0.2) is 24.4 Å². The minimum absolute atomic E-state index is 0.132. The summed E-state index contributed by atoms with van der Waals surface area (Å²) in [5.74, 6) is 0. The molecule has 0 bridgehead atoms. The zero-order chi connectivity index (χ0) is 12.0. The predicted octanol–water partition coefficient (Wildman–Crippen LogP) is 2.11. The molecule has 0 radical (unpaired) electrons. The summed E-state index contributed by atoms with van der Waals surface area (Å²) < 4.78 is 2.05. The van der Waals surface area contributed by atoms with Crippen LogP contribution < -0.4 is 5.73 Å². The number of nitrogens with two attached hydrogens (primary N) is 1. The van der Waals surface area contributed by atoms with Crippen molar-refractivity contribution in [1.29, 1.82) is 0 Å². The minimum atomic E-state index is 0.132. The summed E-state index contributed by atoms with van der Waals surface area (Å²) in [5.41, 5.74) is 12.5. The lowest BCUT2D eigenvalue weighted by molar-refractivity contribution is 0.543. The Morgan fingerprint density at radius 3 is 3.00 bits per heavy atom. The molecule has 2 aromatic rings. The largest absolute Gasteiger partial charge is 0.326 e. The van der Waals surface area contributed by atoms with Crippen molar-refractivity contribution in [2.45, 2.75) is 32.9 Å². The van der Waals surface area contributed by atoms with Crippen LogP contribution in [0.3, 0.4) is 0 Å². The van der Waals surface area contributed by atoms with Crippen molar-refractivity contribution in [2.24, 2.45) is 5.73 Å². The smallest absolute Gasteiger partial charge is 0.0721 e. The number of rotatable bonds is 2. The van der Waals surface area contributed by atoms with Crippen LogP contribution in [-0.4, -0.2) is 15.8 Å². The van der Waals surface area contributed by atoms with E-state index >= 15 is 0 Å². The van der Waals surface area contributed by atoms with Gasteiger partial charge in [0.1, 0.15) is 0 Å². The highest BCUT2D eigenvalue weighted by molar-refractivity contribution is 5.74. The van der Waals surface area contributed by atoms with Gasteiger partial charge < -0.3 is 5.73 Å². The van der Waals surface area contributed by atoms with Crippen LogP contribution in [0.4, 0.5) is 0 Å². The molecule has 1 unspecified atom stereocenters. The van der Waals surface area contributed by atoms with Crippen LogP contribution in [-0.2, 0) is 13.0 Å². The SMILES string of the molecule is Cc1ccc2c(c1)-c1c(cnn1CC(C)N)C2. The first-order chi connectivity index (χ1) is 8.15. The Kier molecular flexibility index (Phi) is 2.30. The Morgan fingerprint density at radius 2 is 2.24 bits per heavy atom. The van der Waals surface area contributed by atoms with E-state index in [9.17, 15) is 0 Å². The van der Waals surface area contributed by atoms with Crippen LogP contribution in [0.1, 0.15) is 23.6 Å². The zero-order valence-corrected chi connectivity index (χ0v) is 10.3. The molecule has 3 rings (SSSR count). The van der Waals surface area contributed by atoms with Gasteiger partial charge in [0.2, 0.25) is 0 Å². The minimum Gasteiger partial charge on any atom is -0.326 e. The average Bonchev–Trinajstić information content (AvgIpc) is 2.78. The number of aromatic nitrogens is 2. The number of hydrogen-bond acceptors (Lipinski definition) is 2. The highest BCUT2D eigenvalue weighted by Crippen LogP contribution is 2.36. The van der Waals surface area contributed by atoms with E-state index in [-0.39, 0.29) is 6.04 Å². The predicted molar refractivity (Wildman–Crippen MR) is 68.9 cm³/mol. The fourth-order valence-electron chi connectivity index (χ4n) is 2.55. The second-order valence-corrected chi connectivity index (χ2v) is 5.02. The van der Waals surface area contributed by atoms with Crippen LogP contribution >= 0.6 is 0 Å². The molecule has 0 amide bonds. The molecule has 0 aliphatic heterocycles. The molecule has 1 aliphatic rings. The lowest BCUT2D eigenvalue weighted by atomic mass is 10.1. The molecule has 0 spiro atoms. The van der Waals surface area contributed by atoms with Gasteiger partial charge >= 0.3 is 0 Å². The molecule has 1 atom stereocenters. The van der Waals surface area contributed by atoms with E-state index in [0.29, 0.717) is 0 Å². The van der Waals surface area contributed by atoms with Gasteiger partial charge in [0.05, 0.1) is 18.4 Å². The normalized spacial score (nSPS) is 14.5. The molecule has 1 heterocycles. The Morgan fingerprint density at radius 1 is 1.41 bits per heavy atom. The van der Waals surface area contributed by atoms with Gasteiger partial charge in [-0.1, -0.05) is 17.7 Å². The standard InChI is InChI=1S/C14H17N3/c1-9-3-4-11-6-12-7-16-17(8-10(2)15)14(12)13(11)5-9/h3-5,7,10H,6,8,15H2,1-2H3. The third-order valence-corrected chi connectivity index (χ3v) is 3.28. The van der Waals surface area contributed by atoms with Crippen molar-refractivity contribution < 1.29 is 0 Å². The highest BCUT2D eigenvalue weighted by Gasteiger charge is 2.23. The molecule has 3 heteroatoms. The molecule has 0 saturated carbocycles. The van der Waals surface area contributed by atoms with Crippen molar-refractivity contribution in [3.63, 3.8) is 0 Å². The molecule has 0 saturated heterocycles. The van der Waals surface area contributed by atoms with Crippen molar-refractivity contribution >= 4 is 0 Å². The van der Waals surface area contributed by atoms with E-state index in [0.717, 1.165) is 13.0 Å².